The molecule has 3 rings (SSSR count). The minimum atomic E-state index is -0.326. The topological polar surface area (TPSA) is 52.0 Å². The van der Waals surface area contributed by atoms with Gasteiger partial charge < -0.3 is 10.2 Å². The molecule has 0 amide bonds. The van der Waals surface area contributed by atoms with Crippen LogP contribution < -0.4 is 5.73 Å². The molecule has 17 heavy (non-hydrogen) atoms. The van der Waals surface area contributed by atoms with Gasteiger partial charge in [0.25, 0.3) is 0 Å². The lowest BCUT2D eigenvalue weighted by molar-refractivity contribution is 0.615. The molecule has 1 aromatic carbocycles. The third kappa shape index (κ3) is 1.59. The fraction of sp³-hybridized carbons (Fsp3) is 0.0833. The third-order valence-corrected chi connectivity index (χ3v) is 3.67. The molecule has 0 saturated heterocycles. The van der Waals surface area contributed by atoms with Crippen LogP contribution in [0.1, 0.15) is 5.56 Å². The third-order valence-electron chi connectivity index (χ3n) is 2.57. The van der Waals surface area contributed by atoms with Crippen LogP contribution >= 0.6 is 11.3 Å². The summed E-state index contributed by atoms with van der Waals surface area (Å²) in [5.41, 5.74) is 8.66. The maximum atomic E-state index is 13.0. The molecule has 0 saturated carbocycles. The molecule has 2 aromatic heterocycles. The minimum absolute atomic E-state index is 0.326. The molecule has 0 spiro atoms. The number of nitrogens with two attached hydrogens (primary N) is 1. The van der Waals surface area contributed by atoms with Crippen molar-refractivity contribution in [2.24, 2.45) is 0 Å². The van der Waals surface area contributed by atoms with Gasteiger partial charge in [0.15, 0.2) is 5.58 Å². The Morgan fingerprint density at radius 1 is 1.41 bits per heavy atom. The summed E-state index contributed by atoms with van der Waals surface area (Å²) in [6.07, 6.45) is 0. The molecule has 0 unspecified atom stereocenters. The van der Waals surface area contributed by atoms with Crippen molar-refractivity contribution in [2.75, 3.05) is 5.73 Å². The van der Waals surface area contributed by atoms with Gasteiger partial charge in [-0.05, 0) is 30.0 Å². The summed E-state index contributed by atoms with van der Waals surface area (Å²) < 4.78 is 18.6. The SMILES string of the molecule is Cc1csc(-c2nc3cc(F)ccc3o2)c1N. The van der Waals surface area contributed by atoms with E-state index < -0.39 is 0 Å². The van der Waals surface area contributed by atoms with Gasteiger partial charge in [-0.3, -0.25) is 0 Å². The van der Waals surface area contributed by atoms with E-state index in [1.807, 2.05) is 12.3 Å². The largest absolute Gasteiger partial charge is 0.435 e. The van der Waals surface area contributed by atoms with Crippen molar-refractivity contribution in [1.29, 1.82) is 0 Å². The molecule has 2 N–H and O–H groups in total. The van der Waals surface area contributed by atoms with Gasteiger partial charge in [-0.1, -0.05) is 0 Å². The van der Waals surface area contributed by atoms with Gasteiger partial charge in [0.1, 0.15) is 16.2 Å². The number of anilines is 1. The van der Waals surface area contributed by atoms with Crippen LogP contribution in [0.25, 0.3) is 21.9 Å². The maximum Gasteiger partial charge on any atom is 0.239 e. The maximum absolute atomic E-state index is 13.0. The number of halogens is 1. The Balaban J connectivity index is 2.21. The minimum Gasteiger partial charge on any atom is -0.435 e. The zero-order chi connectivity index (χ0) is 12.0. The van der Waals surface area contributed by atoms with Crippen LogP contribution in [0.15, 0.2) is 28.0 Å². The molecule has 86 valence electrons. The summed E-state index contributed by atoms with van der Waals surface area (Å²) in [6, 6.07) is 4.26. The Morgan fingerprint density at radius 3 is 2.94 bits per heavy atom. The number of benzene rings is 1. The van der Waals surface area contributed by atoms with Crippen LogP contribution in [0.3, 0.4) is 0 Å². The predicted molar refractivity (Wildman–Crippen MR) is 66.4 cm³/mol. The lowest BCUT2D eigenvalue weighted by Crippen LogP contribution is -1.86. The Morgan fingerprint density at radius 2 is 2.24 bits per heavy atom. The van der Waals surface area contributed by atoms with Crippen LogP contribution in [0, 0.1) is 12.7 Å². The number of aromatic nitrogens is 1. The number of hydrogen-bond acceptors (Lipinski definition) is 4. The first-order chi connectivity index (χ1) is 8.15. The van der Waals surface area contributed by atoms with E-state index in [0.717, 1.165) is 10.4 Å². The van der Waals surface area contributed by atoms with E-state index in [1.165, 1.54) is 23.5 Å². The standard InChI is InChI=1S/C12H9FN2OS/c1-6-5-17-11(10(6)14)12-15-8-4-7(13)2-3-9(8)16-12/h2-5H,14H2,1H3. The summed E-state index contributed by atoms with van der Waals surface area (Å²) in [7, 11) is 0. The van der Waals surface area contributed by atoms with Crippen molar-refractivity contribution in [2.45, 2.75) is 6.92 Å². The first-order valence-electron chi connectivity index (χ1n) is 5.05. The quantitative estimate of drug-likeness (QED) is 0.716. The summed E-state index contributed by atoms with van der Waals surface area (Å²) in [5.74, 6) is 0.119. The van der Waals surface area contributed by atoms with Crippen molar-refractivity contribution < 1.29 is 8.81 Å². The van der Waals surface area contributed by atoms with Crippen molar-refractivity contribution in [3.63, 3.8) is 0 Å². The van der Waals surface area contributed by atoms with E-state index in [4.69, 9.17) is 10.2 Å². The first kappa shape index (κ1) is 10.3. The summed E-state index contributed by atoms with van der Waals surface area (Å²) in [6.45, 7) is 1.93. The molecule has 0 aliphatic rings. The number of nitrogens with zero attached hydrogens (tertiary/aromatic N) is 1. The first-order valence-corrected chi connectivity index (χ1v) is 5.93. The molecule has 0 atom stereocenters. The molecule has 0 radical (unpaired) electrons. The molecular weight excluding hydrogens is 239 g/mol. The van der Waals surface area contributed by atoms with E-state index in [9.17, 15) is 4.39 Å². The average molecular weight is 248 g/mol. The van der Waals surface area contributed by atoms with E-state index in [1.54, 1.807) is 6.07 Å². The number of aryl methyl sites for hydroxylation is 1. The van der Waals surface area contributed by atoms with E-state index in [0.29, 0.717) is 22.7 Å². The number of nitrogen functional groups attached to an aromatic ring is 1. The van der Waals surface area contributed by atoms with Gasteiger partial charge >= 0.3 is 0 Å². The molecule has 0 bridgehead atoms. The molecule has 0 aliphatic heterocycles. The van der Waals surface area contributed by atoms with Gasteiger partial charge in [-0.2, -0.15) is 0 Å². The highest BCUT2D eigenvalue weighted by atomic mass is 32.1. The lowest BCUT2D eigenvalue weighted by Gasteiger charge is -1.92. The Labute approximate surface area is 101 Å². The second-order valence-corrected chi connectivity index (χ2v) is 4.67. The number of oxazole rings is 1. The summed E-state index contributed by atoms with van der Waals surface area (Å²) in [5, 5.41) is 1.94. The molecule has 0 fully saturated rings. The highest BCUT2D eigenvalue weighted by Crippen LogP contribution is 2.35. The van der Waals surface area contributed by atoms with Crippen LogP contribution in [0.2, 0.25) is 0 Å². The van der Waals surface area contributed by atoms with Gasteiger partial charge in [0.2, 0.25) is 5.89 Å². The van der Waals surface area contributed by atoms with Gasteiger partial charge in [-0.15, -0.1) is 11.3 Å². The number of fused-ring (bicyclic) bond motifs is 1. The van der Waals surface area contributed by atoms with Crippen LogP contribution in [-0.4, -0.2) is 4.98 Å². The molecular formula is C12H9FN2OS. The number of thiophene rings is 1. The second-order valence-electron chi connectivity index (χ2n) is 3.79. The summed E-state index contributed by atoms with van der Waals surface area (Å²) >= 11 is 1.47. The molecule has 3 nitrogen and oxygen atoms in total. The van der Waals surface area contributed by atoms with E-state index >= 15 is 0 Å². The van der Waals surface area contributed by atoms with Gasteiger partial charge in [-0.25, -0.2) is 9.37 Å². The van der Waals surface area contributed by atoms with Crippen LogP contribution in [-0.2, 0) is 0 Å². The monoisotopic (exact) mass is 248 g/mol. The van der Waals surface area contributed by atoms with Crippen LogP contribution in [0.4, 0.5) is 10.1 Å². The zero-order valence-corrected chi connectivity index (χ0v) is 9.84. The Hall–Kier alpha value is -1.88. The number of hydrogen-bond donors (Lipinski definition) is 1. The average Bonchev–Trinajstić information content (AvgIpc) is 2.83. The van der Waals surface area contributed by atoms with Crippen molar-refractivity contribution >= 4 is 28.1 Å². The van der Waals surface area contributed by atoms with Crippen molar-refractivity contribution in [1.82, 2.24) is 4.98 Å². The lowest BCUT2D eigenvalue weighted by atomic mass is 10.3. The fourth-order valence-electron chi connectivity index (χ4n) is 1.62. The normalized spacial score (nSPS) is 11.2. The highest BCUT2D eigenvalue weighted by Gasteiger charge is 2.14. The Bertz CT molecular complexity index is 702. The van der Waals surface area contributed by atoms with Gasteiger partial charge in [0, 0.05) is 6.07 Å². The zero-order valence-electron chi connectivity index (χ0n) is 9.03. The summed E-state index contributed by atoms with van der Waals surface area (Å²) in [4.78, 5) is 5.03. The molecule has 0 aliphatic carbocycles. The van der Waals surface area contributed by atoms with E-state index in [2.05, 4.69) is 4.98 Å². The fourth-order valence-corrected chi connectivity index (χ4v) is 2.51. The van der Waals surface area contributed by atoms with Crippen LogP contribution in [0.5, 0.6) is 0 Å². The Kier molecular flexibility index (Phi) is 2.16. The second kappa shape index (κ2) is 3.56. The van der Waals surface area contributed by atoms with Gasteiger partial charge in [0.05, 0.1) is 5.69 Å². The smallest absolute Gasteiger partial charge is 0.239 e. The molecule has 5 heteroatoms. The van der Waals surface area contributed by atoms with Crippen molar-refractivity contribution in [3.8, 4) is 10.8 Å². The number of rotatable bonds is 1. The predicted octanol–water partition coefficient (Wildman–Crippen LogP) is 3.59. The van der Waals surface area contributed by atoms with Crippen molar-refractivity contribution in [3.05, 3.63) is 35.0 Å². The van der Waals surface area contributed by atoms with E-state index in [-0.39, 0.29) is 5.82 Å². The molecule has 2 heterocycles. The highest BCUT2D eigenvalue weighted by molar-refractivity contribution is 7.14. The molecule has 3 aromatic rings.